The number of piperidine rings is 1. The Kier molecular flexibility index (Phi) is 3.35. The summed E-state index contributed by atoms with van der Waals surface area (Å²) in [5, 5.41) is 8.65. The first kappa shape index (κ1) is 11.6. The van der Waals surface area contributed by atoms with Crippen LogP contribution in [0.4, 0.5) is 0 Å². The molecule has 2 heterocycles. The fourth-order valence-corrected chi connectivity index (χ4v) is 1.94. The maximum absolute atomic E-state index is 12.1. The van der Waals surface area contributed by atoms with Gasteiger partial charge in [-0.1, -0.05) is 0 Å². The van der Waals surface area contributed by atoms with Gasteiger partial charge in [-0.2, -0.15) is 5.26 Å². The Morgan fingerprint density at radius 3 is 3.00 bits per heavy atom. The van der Waals surface area contributed by atoms with E-state index in [0.29, 0.717) is 17.8 Å². The number of aromatic nitrogens is 1. The molecule has 0 saturated carbocycles. The van der Waals surface area contributed by atoms with Gasteiger partial charge in [-0.05, 0) is 25.0 Å². The van der Waals surface area contributed by atoms with Gasteiger partial charge in [-0.3, -0.25) is 4.79 Å². The van der Waals surface area contributed by atoms with Crippen LogP contribution in [0.3, 0.4) is 0 Å². The molecule has 0 aliphatic carbocycles. The van der Waals surface area contributed by atoms with Gasteiger partial charge in [0.1, 0.15) is 11.8 Å². The van der Waals surface area contributed by atoms with Gasteiger partial charge in [0.2, 0.25) is 0 Å². The first-order valence-corrected chi connectivity index (χ1v) is 5.61. The van der Waals surface area contributed by atoms with Gasteiger partial charge in [-0.15, -0.1) is 0 Å². The van der Waals surface area contributed by atoms with Gasteiger partial charge >= 0.3 is 0 Å². The highest BCUT2D eigenvalue weighted by Gasteiger charge is 2.22. The summed E-state index contributed by atoms with van der Waals surface area (Å²) < 4.78 is 0. The van der Waals surface area contributed by atoms with E-state index < -0.39 is 0 Å². The van der Waals surface area contributed by atoms with Crippen molar-refractivity contribution in [2.24, 2.45) is 5.73 Å². The molecule has 0 bridgehead atoms. The van der Waals surface area contributed by atoms with Crippen molar-refractivity contribution >= 4 is 5.91 Å². The van der Waals surface area contributed by atoms with Crippen molar-refractivity contribution in [2.45, 2.75) is 18.9 Å². The minimum Gasteiger partial charge on any atom is -0.336 e. The smallest absolute Gasteiger partial charge is 0.272 e. The maximum Gasteiger partial charge on any atom is 0.272 e. The highest BCUT2D eigenvalue weighted by Crippen LogP contribution is 2.11. The zero-order valence-electron chi connectivity index (χ0n) is 9.47. The number of hydrogen-bond acceptors (Lipinski definition) is 4. The molecular weight excluding hydrogens is 216 g/mol. The highest BCUT2D eigenvalue weighted by atomic mass is 16.2. The maximum atomic E-state index is 12.1. The Labute approximate surface area is 99.9 Å². The summed E-state index contributed by atoms with van der Waals surface area (Å²) in [4.78, 5) is 17.8. The van der Waals surface area contributed by atoms with Crippen LogP contribution in [0.25, 0.3) is 0 Å². The molecule has 0 radical (unpaired) electrons. The second-order valence-electron chi connectivity index (χ2n) is 4.20. The zero-order valence-corrected chi connectivity index (χ0v) is 9.47. The van der Waals surface area contributed by atoms with Gasteiger partial charge in [-0.25, -0.2) is 4.98 Å². The lowest BCUT2D eigenvalue weighted by Gasteiger charge is -2.30. The van der Waals surface area contributed by atoms with Crippen LogP contribution in [0.5, 0.6) is 0 Å². The van der Waals surface area contributed by atoms with E-state index in [2.05, 4.69) is 4.98 Å². The van der Waals surface area contributed by atoms with Gasteiger partial charge < -0.3 is 10.6 Å². The summed E-state index contributed by atoms with van der Waals surface area (Å²) in [6.07, 6.45) is 3.31. The van der Waals surface area contributed by atoms with E-state index in [0.717, 1.165) is 19.4 Å². The van der Waals surface area contributed by atoms with Crippen LogP contribution in [0, 0.1) is 11.3 Å². The number of carbonyl (C=O) groups excluding carboxylic acids is 1. The van der Waals surface area contributed by atoms with Crippen molar-refractivity contribution in [3.8, 4) is 6.07 Å². The van der Waals surface area contributed by atoms with Crippen LogP contribution < -0.4 is 5.73 Å². The second-order valence-corrected chi connectivity index (χ2v) is 4.20. The number of rotatable bonds is 1. The summed E-state index contributed by atoms with van der Waals surface area (Å²) in [7, 11) is 0. The molecule has 0 aromatic carbocycles. The van der Waals surface area contributed by atoms with Crippen LogP contribution in [0.1, 0.15) is 28.9 Å². The van der Waals surface area contributed by atoms with E-state index in [1.54, 1.807) is 17.0 Å². The van der Waals surface area contributed by atoms with E-state index in [1.807, 2.05) is 6.07 Å². The van der Waals surface area contributed by atoms with Crippen molar-refractivity contribution in [1.29, 1.82) is 5.26 Å². The summed E-state index contributed by atoms with van der Waals surface area (Å²) in [6, 6.07) is 5.22. The third-order valence-electron chi connectivity index (χ3n) is 2.86. The first-order chi connectivity index (χ1) is 8.20. The predicted octanol–water partition coefficient (Wildman–Crippen LogP) is 0.517. The number of carbonyl (C=O) groups is 1. The van der Waals surface area contributed by atoms with Gasteiger partial charge in [0.15, 0.2) is 0 Å². The Balaban J connectivity index is 2.11. The number of nitrogens with zero attached hydrogens (tertiary/aromatic N) is 3. The minimum atomic E-state index is -0.107. The van der Waals surface area contributed by atoms with Gasteiger partial charge in [0.25, 0.3) is 5.91 Å². The summed E-state index contributed by atoms with van der Waals surface area (Å²) >= 11 is 0. The number of hydrogen-bond donors (Lipinski definition) is 1. The molecule has 5 heteroatoms. The molecule has 2 N–H and O–H groups in total. The Morgan fingerprint density at radius 2 is 2.41 bits per heavy atom. The quantitative estimate of drug-likeness (QED) is 0.762. The molecule has 1 unspecified atom stereocenters. The number of likely N-dealkylation sites (tertiary alicyclic amines) is 1. The minimum absolute atomic E-state index is 0.0612. The Hall–Kier alpha value is -1.93. The van der Waals surface area contributed by atoms with Crippen molar-refractivity contribution < 1.29 is 4.79 Å². The SMILES string of the molecule is N#Cc1ccc(C(=O)N2CCCC(N)C2)nc1. The van der Waals surface area contributed by atoms with Gasteiger partial charge in [0, 0.05) is 25.3 Å². The van der Waals surface area contributed by atoms with Crippen molar-refractivity contribution in [1.82, 2.24) is 9.88 Å². The molecule has 1 aliphatic heterocycles. The molecule has 1 atom stereocenters. The fourth-order valence-electron chi connectivity index (χ4n) is 1.94. The normalized spacial score (nSPS) is 19.8. The van der Waals surface area contributed by atoms with E-state index in [-0.39, 0.29) is 11.9 Å². The van der Waals surface area contributed by atoms with E-state index in [4.69, 9.17) is 11.0 Å². The van der Waals surface area contributed by atoms with E-state index >= 15 is 0 Å². The number of pyridine rings is 1. The Bertz CT molecular complexity index is 449. The zero-order chi connectivity index (χ0) is 12.3. The van der Waals surface area contributed by atoms with Crippen molar-refractivity contribution in [2.75, 3.05) is 13.1 Å². The average Bonchev–Trinajstić information content (AvgIpc) is 2.38. The summed E-state index contributed by atoms with van der Waals surface area (Å²) in [5.74, 6) is -0.107. The molecule has 17 heavy (non-hydrogen) atoms. The topological polar surface area (TPSA) is 83.0 Å². The van der Waals surface area contributed by atoms with Gasteiger partial charge in [0.05, 0.1) is 5.56 Å². The molecular formula is C12H14N4O. The summed E-state index contributed by atoms with van der Waals surface area (Å²) in [6.45, 7) is 1.31. The lowest BCUT2D eigenvalue weighted by atomic mass is 10.1. The molecule has 1 saturated heterocycles. The number of nitriles is 1. The van der Waals surface area contributed by atoms with Crippen LogP contribution >= 0.6 is 0 Å². The van der Waals surface area contributed by atoms with Crippen LogP contribution in [0.15, 0.2) is 18.3 Å². The molecule has 5 nitrogen and oxygen atoms in total. The Morgan fingerprint density at radius 1 is 1.59 bits per heavy atom. The number of nitrogens with two attached hydrogens (primary N) is 1. The number of amides is 1. The van der Waals surface area contributed by atoms with E-state index in [1.165, 1.54) is 6.20 Å². The summed E-state index contributed by atoms with van der Waals surface area (Å²) in [5.41, 5.74) is 6.66. The fraction of sp³-hybridized carbons (Fsp3) is 0.417. The predicted molar refractivity (Wildman–Crippen MR) is 62.1 cm³/mol. The van der Waals surface area contributed by atoms with Crippen LogP contribution in [-0.2, 0) is 0 Å². The van der Waals surface area contributed by atoms with Crippen LogP contribution in [-0.4, -0.2) is 34.9 Å². The third-order valence-corrected chi connectivity index (χ3v) is 2.86. The molecule has 2 rings (SSSR count). The molecule has 1 fully saturated rings. The lowest BCUT2D eigenvalue weighted by molar-refractivity contribution is 0.0703. The van der Waals surface area contributed by atoms with Crippen molar-refractivity contribution in [3.63, 3.8) is 0 Å². The third kappa shape index (κ3) is 2.60. The lowest BCUT2D eigenvalue weighted by Crippen LogP contribution is -2.45. The highest BCUT2D eigenvalue weighted by molar-refractivity contribution is 5.92. The molecule has 1 aromatic heterocycles. The molecule has 88 valence electrons. The molecule has 1 aliphatic rings. The second kappa shape index (κ2) is 4.93. The largest absolute Gasteiger partial charge is 0.336 e. The van der Waals surface area contributed by atoms with E-state index in [9.17, 15) is 4.79 Å². The molecule has 0 spiro atoms. The van der Waals surface area contributed by atoms with Crippen LogP contribution in [0.2, 0.25) is 0 Å². The monoisotopic (exact) mass is 230 g/mol. The first-order valence-electron chi connectivity index (χ1n) is 5.61. The molecule has 1 amide bonds. The van der Waals surface area contributed by atoms with Crippen molar-refractivity contribution in [3.05, 3.63) is 29.6 Å². The standard InChI is InChI=1S/C12H14N4O/c13-6-9-3-4-11(15-7-9)12(17)16-5-1-2-10(14)8-16/h3-4,7,10H,1-2,5,8,14H2. The molecule has 1 aromatic rings. The average molecular weight is 230 g/mol.